The monoisotopic (exact) mass is 246 g/mol. The molecule has 4 nitrogen and oxygen atoms in total. The molecule has 1 aromatic carbocycles. The van der Waals surface area contributed by atoms with E-state index in [1.807, 2.05) is 4.68 Å². The number of aromatic nitrogens is 3. The third-order valence-electron chi connectivity index (χ3n) is 3.23. The number of benzene rings is 1. The molecule has 0 saturated carbocycles. The average molecular weight is 246 g/mol. The zero-order valence-electron chi connectivity index (χ0n) is 10.4. The van der Waals surface area contributed by atoms with Gasteiger partial charge in [0.25, 0.3) is 0 Å². The van der Waals surface area contributed by atoms with Crippen LogP contribution in [0.1, 0.15) is 26.3 Å². The number of nitrogens with zero attached hydrogens (tertiary/aromatic N) is 3. The van der Waals surface area contributed by atoms with Crippen molar-refractivity contribution in [2.45, 2.75) is 32.4 Å². The summed E-state index contributed by atoms with van der Waals surface area (Å²) in [6.45, 7) is 4.21. The van der Waals surface area contributed by atoms with Crippen molar-refractivity contribution >= 4 is 5.95 Å². The second-order valence-electron chi connectivity index (χ2n) is 4.81. The average Bonchev–Trinajstić information content (AvgIpc) is 2.73. The second-order valence-corrected chi connectivity index (χ2v) is 4.81. The van der Waals surface area contributed by atoms with E-state index in [4.69, 9.17) is 0 Å². The van der Waals surface area contributed by atoms with E-state index in [1.165, 1.54) is 6.07 Å². The minimum absolute atomic E-state index is 0.282. The largest absolute Gasteiger partial charge is 0.352 e. The minimum Gasteiger partial charge on any atom is -0.352 e. The lowest BCUT2D eigenvalue weighted by molar-refractivity contribution is 0.412. The molecule has 0 bridgehead atoms. The molecule has 1 aliphatic heterocycles. The number of hydrogen-bond acceptors (Lipinski definition) is 3. The molecule has 2 heterocycles. The van der Waals surface area contributed by atoms with Crippen LogP contribution < -0.4 is 5.32 Å². The Bertz CT molecular complexity index is 578. The molecule has 0 radical (unpaired) electrons. The predicted octanol–water partition coefficient (Wildman–Crippen LogP) is 2.85. The van der Waals surface area contributed by atoms with Gasteiger partial charge in [-0.05, 0) is 32.4 Å². The molecule has 0 fully saturated rings. The maximum Gasteiger partial charge on any atom is 0.222 e. The van der Waals surface area contributed by atoms with Crippen molar-refractivity contribution in [1.29, 1.82) is 0 Å². The third-order valence-corrected chi connectivity index (χ3v) is 3.23. The molecule has 18 heavy (non-hydrogen) atoms. The predicted molar refractivity (Wildman–Crippen MR) is 67.8 cm³/mol. The molecule has 0 saturated heterocycles. The number of fused-ring (bicyclic) bond motifs is 1. The number of anilines is 1. The molecule has 0 aliphatic carbocycles. The lowest BCUT2D eigenvalue weighted by Gasteiger charge is -2.26. The highest BCUT2D eigenvalue weighted by molar-refractivity contribution is 5.57. The second kappa shape index (κ2) is 4.08. The maximum absolute atomic E-state index is 13.7. The molecule has 2 aromatic rings. The van der Waals surface area contributed by atoms with E-state index in [-0.39, 0.29) is 11.9 Å². The molecular weight excluding hydrogens is 231 g/mol. The van der Waals surface area contributed by atoms with Crippen LogP contribution in [-0.2, 0) is 0 Å². The minimum atomic E-state index is -0.291. The van der Waals surface area contributed by atoms with Gasteiger partial charge in [-0.25, -0.2) is 9.07 Å². The smallest absolute Gasteiger partial charge is 0.222 e. The van der Waals surface area contributed by atoms with Gasteiger partial charge in [-0.15, -0.1) is 5.10 Å². The number of rotatable bonds is 1. The number of nitrogens with one attached hydrogen (secondary N) is 1. The fourth-order valence-corrected chi connectivity index (χ4v) is 2.38. The van der Waals surface area contributed by atoms with Crippen LogP contribution in [0.4, 0.5) is 10.3 Å². The van der Waals surface area contributed by atoms with Crippen LogP contribution in [0.15, 0.2) is 24.3 Å². The molecule has 1 N–H and O–H groups in total. The molecule has 3 rings (SSSR count). The molecule has 1 aromatic heterocycles. The molecule has 2 atom stereocenters. The van der Waals surface area contributed by atoms with Crippen LogP contribution in [0, 0.1) is 5.82 Å². The third kappa shape index (κ3) is 1.75. The van der Waals surface area contributed by atoms with Crippen LogP contribution in [0.2, 0.25) is 0 Å². The van der Waals surface area contributed by atoms with Gasteiger partial charge in [-0.1, -0.05) is 12.1 Å². The molecule has 94 valence electrons. The number of halogens is 1. The van der Waals surface area contributed by atoms with E-state index in [1.54, 1.807) is 18.2 Å². The summed E-state index contributed by atoms with van der Waals surface area (Å²) < 4.78 is 15.5. The Hall–Kier alpha value is -1.91. The molecule has 1 aliphatic rings. The first-order chi connectivity index (χ1) is 8.65. The Morgan fingerprint density at radius 2 is 2.11 bits per heavy atom. The van der Waals surface area contributed by atoms with Crippen LogP contribution in [0.3, 0.4) is 0 Å². The Morgan fingerprint density at radius 3 is 2.89 bits per heavy atom. The van der Waals surface area contributed by atoms with Gasteiger partial charge < -0.3 is 5.32 Å². The van der Waals surface area contributed by atoms with Gasteiger partial charge in [-0.2, -0.15) is 4.98 Å². The van der Waals surface area contributed by atoms with Crippen molar-refractivity contribution in [2.24, 2.45) is 0 Å². The van der Waals surface area contributed by atoms with E-state index in [0.717, 1.165) is 12.4 Å². The van der Waals surface area contributed by atoms with Crippen molar-refractivity contribution in [3.8, 4) is 11.4 Å². The summed E-state index contributed by atoms with van der Waals surface area (Å²) >= 11 is 0. The highest BCUT2D eigenvalue weighted by Crippen LogP contribution is 2.28. The van der Waals surface area contributed by atoms with Gasteiger partial charge in [0.15, 0.2) is 5.82 Å². The molecule has 5 heteroatoms. The van der Waals surface area contributed by atoms with E-state index >= 15 is 0 Å². The summed E-state index contributed by atoms with van der Waals surface area (Å²) in [5, 5.41) is 7.67. The van der Waals surface area contributed by atoms with Crippen LogP contribution >= 0.6 is 0 Å². The Labute approximate surface area is 105 Å². The van der Waals surface area contributed by atoms with Crippen LogP contribution in [0.5, 0.6) is 0 Å². The fourth-order valence-electron chi connectivity index (χ4n) is 2.38. The highest BCUT2D eigenvalue weighted by atomic mass is 19.1. The van der Waals surface area contributed by atoms with E-state index in [2.05, 4.69) is 29.2 Å². The summed E-state index contributed by atoms with van der Waals surface area (Å²) in [5.74, 6) is 0.872. The highest BCUT2D eigenvalue weighted by Gasteiger charge is 2.24. The van der Waals surface area contributed by atoms with Crippen molar-refractivity contribution in [1.82, 2.24) is 14.8 Å². The van der Waals surface area contributed by atoms with Crippen LogP contribution in [-0.4, -0.2) is 20.8 Å². The van der Waals surface area contributed by atoms with E-state index < -0.39 is 0 Å². The van der Waals surface area contributed by atoms with Gasteiger partial charge in [0.1, 0.15) is 5.82 Å². The van der Waals surface area contributed by atoms with E-state index in [0.29, 0.717) is 17.4 Å². The summed E-state index contributed by atoms with van der Waals surface area (Å²) in [6, 6.07) is 7.23. The van der Waals surface area contributed by atoms with Gasteiger partial charge in [-0.3, -0.25) is 0 Å². The first kappa shape index (κ1) is 11.2. The topological polar surface area (TPSA) is 42.7 Å². The van der Waals surface area contributed by atoms with Gasteiger partial charge >= 0.3 is 0 Å². The van der Waals surface area contributed by atoms with Crippen molar-refractivity contribution in [3.05, 3.63) is 30.1 Å². The van der Waals surface area contributed by atoms with Crippen LogP contribution in [0.25, 0.3) is 11.4 Å². The normalized spacial score (nSPS) is 22.4. The summed E-state index contributed by atoms with van der Waals surface area (Å²) in [6.07, 6.45) is 0.993. The Balaban J connectivity index is 2.06. The fraction of sp³-hybridized carbons (Fsp3) is 0.385. The van der Waals surface area contributed by atoms with Crippen molar-refractivity contribution < 1.29 is 4.39 Å². The molecule has 2 unspecified atom stereocenters. The first-order valence-electron chi connectivity index (χ1n) is 6.13. The Kier molecular flexibility index (Phi) is 2.54. The molecule has 0 spiro atoms. The summed E-state index contributed by atoms with van der Waals surface area (Å²) in [7, 11) is 0. The summed E-state index contributed by atoms with van der Waals surface area (Å²) in [4.78, 5) is 4.38. The Morgan fingerprint density at radius 1 is 1.33 bits per heavy atom. The van der Waals surface area contributed by atoms with Crippen molar-refractivity contribution in [3.63, 3.8) is 0 Å². The van der Waals surface area contributed by atoms with Gasteiger partial charge in [0, 0.05) is 6.04 Å². The quantitative estimate of drug-likeness (QED) is 0.841. The zero-order chi connectivity index (χ0) is 12.7. The van der Waals surface area contributed by atoms with Gasteiger partial charge in [0.2, 0.25) is 5.95 Å². The molecular formula is C13H15FN4. The van der Waals surface area contributed by atoms with Crippen molar-refractivity contribution in [2.75, 3.05) is 5.32 Å². The SMILES string of the molecule is CC1CC(C)n2nc(-c3ccccc3F)nc2N1. The lowest BCUT2D eigenvalue weighted by atomic mass is 10.1. The lowest BCUT2D eigenvalue weighted by Crippen LogP contribution is -2.29. The number of hydrogen-bond donors (Lipinski definition) is 1. The molecule has 0 amide bonds. The zero-order valence-corrected chi connectivity index (χ0v) is 10.4. The van der Waals surface area contributed by atoms with E-state index in [9.17, 15) is 4.39 Å². The maximum atomic E-state index is 13.7. The van der Waals surface area contributed by atoms with Gasteiger partial charge in [0.05, 0.1) is 11.6 Å². The summed E-state index contributed by atoms with van der Waals surface area (Å²) in [5.41, 5.74) is 0.445. The standard InChI is InChI=1S/C13H15FN4/c1-8-7-9(2)18-13(15-8)16-12(17-18)10-5-3-4-6-11(10)14/h3-6,8-9H,7H2,1-2H3,(H,15,16,17). The first-order valence-corrected chi connectivity index (χ1v) is 6.13.